The average Bonchev–Trinajstić information content (AvgIpc) is 2.72. The Labute approximate surface area is 114 Å². The lowest BCUT2D eigenvalue weighted by Gasteiger charge is -2.25. The number of amides is 1. The van der Waals surface area contributed by atoms with Crippen molar-refractivity contribution in [3.8, 4) is 0 Å². The zero-order valence-electron chi connectivity index (χ0n) is 11.8. The molecule has 1 unspecified atom stereocenters. The van der Waals surface area contributed by atoms with E-state index in [-0.39, 0.29) is 11.9 Å². The first-order chi connectivity index (χ1) is 9.22. The van der Waals surface area contributed by atoms with Gasteiger partial charge >= 0.3 is 0 Å². The number of nitrogens with one attached hydrogen (secondary N) is 2. The number of carbonyl (C=O) groups excluding carboxylic acids is 1. The quantitative estimate of drug-likeness (QED) is 0.851. The predicted molar refractivity (Wildman–Crippen MR) is 73.0 cm³/mol. The van der Waals surface area contributed by atoms with Crippen molar-refractivity contribution in [2.24, 2.45) is 0 Å². The van der Waals surface area contributed by atoms with Crippen LogP contribution in [0.2, 0.25) is 0 Å². The van der Waals surface area contributed by atoms with Gasteiger partial charge in [0.2, 0.25) is 5.82 Å². The molecule has 1 saturated heterocycles. The molecule has 6 heteroatoms. The lowest BCUT2D eigenvalue weighted by Crippen LogP contribution is -2.38. The van der Waals surface area contributed by atoms with Crippen LogP contribution in [0.15, 0.2) is 0 Å². The second-order valence-electron chi connectivity index (χ2n) is 5.11. The van der Waals surface area contributed by atoms with Gasteiger partial charge in [-0.25, -0.2) is 4.98 Å². The molecule has 2 N–H and O–H groups in total. The lowest BCUT2D eigenvalue weighted by molar-refractivity contribution is 0.0708. The summed E-state index contributed by atoms with van der Waals surface area (Å²) in [6.07, 6.45) is 4.97. The highest BCUT2D eigenvalue weighted by molar-refractivity contribution is 5.90. The number of hydrogen-bond donors (Lipinski definition) is 2. The third-order valence-corrected chi connectivity index (χ3v) is 3.62. The van der Waals surface area contributed by atoms with E-state index in [0.717, 1.165) is 51.0 Å². The third kappa shape index (κ3) is 3.53. The second kappa shape index (κ2) is 6.65. The number of hydrogen-bond acceptors (Lipinski definition) is 4. The maximum Gasteiger partial charge on any atom is 0.293 e. The van der Waals surface area contributed by atoms with Gasteiger partial charge in [0.15, 0.2) is 0 Å². The van der Waals surface area contributed by atoms with Crippen LogP contribution >= 0.6 is 0 Å². The van der Waals surface area contributed by atoms with Crippen molar-refractivity contribution in [2.45, 2.75) is 45.1 Å². The van der Waals surface area contributed by atoms with Crippen LogP contribution < -0.4 is 5.32 Å². The maximum absolute atomic E-state index is 12.3. The number of aryl methyl sites for hydroxylation is 1. The van der Waals surface area contributed by atoms with Gasteiger partial charge in [-0.3, -0.25) is 9.89 Å². The third-order valence-electron chi connectivity index (χ3n) is 3.62. The van der Waals surface area contributed by atoms with Gasteiger partial charge < -0.3 is 10.2 Å². The smallest absolute Gasteiger partial charge is 0.293 e. The Morgan fingerprint density at radius 2 is 2.26 bits per heavy atom. The van der Waals surface area contributed by atoms with Crippen LogP contribution in [0.4, 0.5) is 0 Å². The topological polar surface area (TPSA) is 73.9 Å². The van der Waals surface area contributed by atoms with Gasteiger partial charge in [-0.15, -0.1) is 5.10 Å². The van der Waals surface area contributed by atoms with E-state index in [4.69, 9.17) is 0 Å². The van der Waals surface area contributed by atoms with Crippen LogP contribution in [0.25, 0.3) is 0 Å². The van der Waals surface area contributed by atoms with Gasteiger partial charge in [-0.2, -0.15) is 0 Å². The molecule has 1 amide bonds. The van der Waals surface area contributed by atoms with E-state index in [1.165, 1.54) is 0 Å². The Hall–Kier alpha value is -1.43. The molecular weight excluding hydrogens is 242 g/mol. The molecule has 0 radical (unpaired) electrons. The first-order valence-electron chi connectivity index (χ1n) is 7.11. The fourth-order valence-electron chi connectivity index (χ4n) is 2.45. The first kappa shape index (κ1) is 14.0. The minimum atomic E-state index is -0.0782. The highest BCUT2D eigenvalue weighted by Crippen LogP contribution is 2.13. The zero-order valence-corrected chi connectivity index (χ0v) is 11.8. The van der Waals surface area contributed by atoms with Gasteiger partial charge in [0.1, 0.15) is 5.82 Å². The molecule has 0 aromatic carbocycles. The predicted octanol–water partition coefficient (Wildman–Crippen LogP) is 0.971. The number of carbonyl (C=O) groups is 1. The van der Waals surface area contributed by atoms with Crippen molar-refractivity contribution < 1.29 is 4.79 Å². The first-order valence-corrected chi connectivity index (χ1v) is 7.11. The Kier molecular flexibility index (Phi) is 4.90. The van der Waals surface area contributed by atoms with Crippen molar-refractivity contribution in [1.29, 1.82) is 0 Å². The zero-order chi connectivity index (χ0) is 13.7. The van der Waals surface area contributed by atoms with Crippen LogP contribution in [-0.4, -0.2) is 52.2 Å². The molecule has 2 heterocycles. The van der Waals surface area contributed by atoms with Crippen LogP contribution in [0.1, 0.15) is 49.1 Å². The Morgan fingerprint density at radius 3 is 3.05 bits per heavy atom. The molecule has 1 atom stereocenters. The largest absolute Gasteiger partial charge is 0.336 e. The van der Waals surface area contributed by atoms with E-state index >= 15 is 0 Å². The Balaban J connectivity index is 2.00. The summed E-state index contributed by atoms with van der Waals surface area (Å²) in [4.78, 5) is 18.4. The Bertz CT molecular complexity index is 409. The molecule has 1 fully saturated rings. The van der Waals surface area contributed by atoms with Crippen molar-refractivity contribution in [3.63, 3.8) is 0 Å². The van der Waals surface area contributed by atoms with Crippen molar-refractivity contribution in [3.05, 3.63) is 11.6 Å². The van der Waals surface area contributed by atoms with Gasteiger partial charge in [0.05, 0.1) is 0 Å². The molecule has 2 rings (SSSR count). The fraction of sp³-hybridized carbons (Fsp3) is 0.769. The van der Waals surface area contributed by atoms with Crippen molar-refractivity contribution in [2.75, 3.05) is 20.1 Å². The summed E-state index contributed by atoms with van der Waals surface area (Å²) in [6, 6.07) is 0.288. The van der Waals surface area contributed by atoms with Gasteiger partial charge in [-0.1, -0.05) is 6.92 Å². The highest BCUT2D eigenvalue weighted by Gasteiger charge is 2.24. The fourth-order valence-corrected chi connectivity index (χ4v) is 2.45. The van der Waals surface area contributed by atoms with E-state index in [9.17, 15) is 4.79 Å². The summed E-state index contributed by atoms with van der Waals surface area (Å²) in [7, 11) is 1.86. The van der Waals surface area contributed by atoms with Crippen LogP contribution in [-0.2, 0) is 6.42 Å². The summed E-state index contributed by atoms with van der Waals surface area (Å²) >= 11 is 0. The molecule has 0 aliphatic carbocycles. The van der Waals surface area contributed by atoms with Crippen molar-refractivity contribution in [1.82, 2.24) is 25.4 Å². The number of rotatable bonds is 4. The van der Waals surface area contributed by atoms with E-state index < -0.39 is 0 Å². The van der Waals surface area contributed by atoms with Gasteiger partial charge in [0.25, 0.3) is 5.91 Å². The maximum atomic E-state index is 12.3. The normalized spacial score (nSPS) is 20.0. The summed E-state index contributed by atoms with van der Waals surface area (Å²) in [5, 5.41) is 10.2. The molecule has 106 valence electrons. The summed E-state index contributed by atoms with van der Waals surface area (Å²) in [6.45, 7) is 4.09. The minimum absolute atomic E-state index is 0.0782. The summed E-state index contributed by atoms with van der Waals surface area (Å²) < 4.78 is 0. The standard InChI is InChI=1S/C13H23N5O/c1-3-5-11-15-12(17-16-11)13(19)18(2)10-6-4-8-14-9-7-10/h10,14H,3-9H2,1-2H3,(H,15,16,17). The molecule has 0 saturated carbocycles. The van der Waals surface area contributed by atoms with E-state index in [0.29, 0.717) is 5.82 Å². The van der Waals surface area contributed by atoms with Gasteiger partial charge in [0, 0.05) is 19.5 Å². The summed E-state index contributed by atoms with van der Waals surface area (Å²) in [5.74, 6) is 1.01. The molecule has 1 aromatic rings. The Morgan fingerprint density at radius 1 is 1.42 bits per heavy atom. The molecule has 1 aliphatic rings. The molecule has 1 aromatic heterocycles. The number of aromatic nitrogens is 3. The summed E-state index contributed by atoms with van der Waals surface area (Å²) in [5.41, 5.74) is 0. The highest BCUT2D eigenvalue weighted by atomic mass is 16.2. The van der Waals surface area contributed by atoms with Crippen LogP contribution in [0, 0.1) is 0 Å². The van der Waals surface area contributed by atoms with Crippen molar-refractivity contribution >= 4 is 5.91 Å². The molecular formula is C13H23N5O. The average molecular weight is 265 g/mol. The number of aromatic amines is 1. The van der Waals surface area contributed by atoms with Crippen LogP contribution in [0.3, 0.4) is 0 Å². The molecule has 0 bridgehead atoms. The molecule has 6 nitrogen and oxygen atoms in total. The molecule has 19 heavy (non-hydrogen) atoms. The van der Waals surface area contributed by atoms with Crippen LogP contribution in [0.5, 0.6) is 0 Å². The lowest BCUT2D eigenvalue weighted by atomic mass is 10.1. The molecule has 1 aliphatic heterocycles. The van der Waals surface area contributed by atoms with E-state index in [2.05, 4.69) is 27.4 Å². The van der Waals surface area contributed by atoms with E-state index in [1.54, 1.807) is 4.90 Å². The minimum Gasteiger partial charge on any atom is -0.336 e. The number of nitrogens with zero attached hydrogens (tertiary/aromatic N) is 3. The molecule has 0 spiro atoms. The SMILES string of the molecule is CCCc1nc(C(=O)N(C)C2CCCNCC2)n[nH]1. The second-order valence-corrected chi connectivity index (χ2v) is 5.11. The monoisotopic (exact) mass is 265 g/mol. The van der Waals surface area contributed by atoms with Gasteiger partial charge in [-0.05, 0) is 38.8 Å². The van der Waals surface area contributed by atoms with E-state index in [1.807, 2.05) is 7.05 Å². The number of H-pyrrole nitrogens is 1.